The van der Waals surface area contributed by atoms with Crippen molar-refractivity contribution in [2.75, 3.05) is 19.7 Å². The predicted octanol–water partition coefficient (Wildman–Crippen LogP) is 1.55. The average Bonchev–Trinajstić information content (AvgIpc) is 2.90. The van der Waals surface area contributed by atoms with Gasteiger partial charge in [0, 0.05) is 23.8 Å². The fourth-order valence-corrected chi connectivity index (χ4v) is 2.17. The molecule has 18 heavy (non-hydrogen) atoms. The van der Waals surface area contributed by atoms with Crippen LogP contribution in [-0.4, -0.2) is 34.8 Å². The molecule has 3 rings (SSSR count). The van der Waals surface area contributed by atoms with Crippen molar-refractivity contribution < 1.29 is 9.26 Å². The fourth-order valence-electron chi connectivity index (χ4n) is 1.74. The van der Waals surface area contributed by atoms with Crippen LogP contribution < -0.4 is 5.32 Å². The zero-order valence-electron chi connectivity index (χ0n) is 9.47. The zero-order valence-corrected chi connectivity index (χ0v) is 11.1. The van der Waals surface area contributed by atoms with E-state index in [9.17, 15) is 0 Å². The Morgan fingerprint density at radius 3 is 3.17 bits per heavy atom. The molecule has 2 aromatic heterocycles. The van der Waals surface area contributed by atoms with E-state index in [1.54, 1.807) is 6.20 Å². The van der Waals surface area contributed by atoms with Crippen molar-refractivity contribution in [3.05, 3.63) is 28.7 Å². The first kappa shape index (κ1) is 11.8. The highest BCUT2D eigenvalue weighted by Crippen LogP contribution is 2.25. The third kappa shape index (κ3) is 2.29. The summed E-state index contributed by atoms with van der Waals surface area (Å²) in [6.45, 7) is 2.18. The Hall–Kier alpha value is -1.31. The minimum Gasteiger partial charge on any atom is -0.366 e. The lowest BCUT2D eigenvalue weighted by Gasteiger charge is -2.19. The maximum absolute atomic E-state index is 5.55. The number of nitrogens with zero attached hydrogens (tertiary/aromatic N) is 3. The SMILES string of the molecule is Brc1cccnc1-c1noc(C2CNCCO2)n1. The van der Waals surface area contributed by atoms with Crippen LogP contribution in [0.1, 0.15) is 12.0 Å². The normalized spacial score (nSPS) is 19.9. The van der Waals surface area contributed by atoms with Crippen molar-refractivity contribution in [1.82, 2.24) is 20.4 Å². The molecule has 1 N–H and O–H groups in total. The average molecular weight is 311 g/mol. The highest BCUT2D eigenvalue weighted by Gasteiger charge is 2.23. The van der Waals surface area contributed by atoms with E-state index in [0.717, 1.165) is 11.0 Å². The molecule has 0 amide bonds. The molecule has 0 radical (unpaired) electrons. The second kappa shape index (κ2) is 5.13. The first-order valence-corrected chi connectivity index (χ1v) is 6.41. The lowest BCUT2D eigenvalue weighted by atomic mass is 10.3. The highest BCUT2D eigenvalue weighted by molar-refractivity contribution is 9.10. The summed E-state index contributed by atoms with van der Waals surface area (Å²) in [5, 5.41) is 7.15. The number of nitrogens with one attached hydrogen (secondary N) is 1. The molecule has 1 unspecified atom stereocenters. The number of hydrogen-bond donors (Lipinski definition) is 1. The van der Waals surface area contributed by atoms with Gasteiger partial charge in [0.1, 0.15) is 11.8 Å². The largest absolute Gasteiger partial charge is 0.366 e. The van der Waals surface area contributed by atoms with E-state index in [2.05, 4.69) is 36.4 Å². The van der Waals surface area contributed by atoms with Crippen molar-refractivity contribution in [2.24, 2.45) is 0 Å². The molecule has 0 aromatic carbocycles. The monoisotopic (exact) mass is 310 g/mol. The third-order valence-electron chi connectivity index (χ3n) is 2.62. The van der Waals surface area contributed by atoms with E-state index < -0.39 is 0 Å². The smallest absolute Gasteiger partial charge is 0.257 e. The van der Waals surface area contributed by atoms with Gasteiger partial charge in [-0.15, -0.1) is 0 Å². The number of rotatable bonds is 2. The summed E-state index contributed by atoms with van der Waals surface area (Å²) in [5.41, 5.74) is 0.663. The molecule has 1 saturated heterocycles. The summed E-state index contributed by atoms with van der Waals surface area (Å²) in [6.07, 6.45) is 1.51. The van der Waals surface area contributed by atoms with Gasteiger partial charge in [0.2, 0.25) is 5.82 Å². The highest BCUT2D eigenvalue weighted by atomic mass is 79.9. The van der Waals surface area contributed by atoms with Gasteiger partial charge in [0.15, 0.2) is 0 Å². The summed E-state index contributed by atoms with van der Waals surface area (Å²) >= 11 is 3.41. The van der Waals surface area contributed by atoms with Crippen LogP contribution in [0.3, 0.4) is 0 Å². The molecule has 1 aliphatic rings. The third-order valence-corrected chi connectivity index (χ3v) is 3.25. The Morgan fingerprint density at radius 2 is 2.39 bits per heavy atom. The molecule has 1 atom stereocenters. The molecule has 0 spiro atoms. The number of aromatic nitrogens is 3. The van der Waals surface area contributed by atoms with Gasteiger partial charge in [0.25, 0.3) is 5.89 Å². The second-order valence-corrected chi connectivity index (χ2v) is 4.71. The lowest BCUT2D eigenvalue weighted by Crippen LogP contribution is -2.33. The van der Waals surface area contributed by atoms with Gasteiger partial charge in [-0.25, -0.2) is 0 Å². The summed E-state index contributed by atoms with van der Waals surface area (Å²) in [5.74, 6) is 0.946. The van der Waals surface area contributed by atoms with Gasteiger partial charge >= 0.3 is 0 Å². The van der Waals surface area contributed by atoms with Gasteiger partial charge in [-0.2, -0.15) is 4.98 Å². The molecule has 6 nitrogen and oxygen atoms in total. The predicted molar refractivity (Wildman–Crippen MR) is 66.8 cm³/mol. The summed E-state index contributed by atoms with van der Waals surface area (Å²) in [7, 11) is 0. The van der Waals surface area contributed by atoms with Gasteiger partial charge in [-0.05, 0) is 28.1 Å². The first-order chi connectivity index (χ1) is 8.84. The van der Waals surface area contributed by atoms with Crippen LogP contribution in [0, 0.1) is 0 Å². The Labute approximate surface area is 112 Å². The van der Waals surface area contributed by atoms with Crippen molar-refractivity contribution in [3.8, 4) is 11.5 Å². The number of halogens is 1. The molecule has 94 valence electrons. The van der Waals surface area contributed by atoms with E-state index in [1.807, 2.05) is 12.1 Å². The molecule has 0 saturated carbocycles. The van der Waals surface area contributed by atoms with Gasteiger partial charge in [0.05, 0.1) is 6.61 Å². The number of morpholine rings is 1. The van der Waals surface area contributed by atoms with Gasteiger partial charge in [-0.3, -0.25) is 4.98 Å². The van der Waals surface area contributed by atoms with Crippen molar-refractivity contribution in [3.63, 3.8) is 0 Å². The molecule has 1 aliphatic heterocycles. The molecular formula is C11H11BrN4O2. The Kier molecular flexibility index (Phi) is 3.35. The van der Waals surface area contributed by atoms with Crippen LogP contribution in [0.4, 0.5) is 0 Å². The second-order valence-electron chi connectivity index (χ2n) is 3.85. The van der Waals surface area contributed by atoms with E-state index in [-0.39, 0.29) is 6.10 Å². The van der Waals surface area contributed by atoms with E-state index in [0.29, 0.717) is 30.6 Å². The molecule has 0 aliphatic carbocycles. The number of ether oxygens (including phenoxy) is 1. The summed E-state index contributed by atoms with van der Waals surface area (Å²) in [4.78, 5) is 8.55. The standard InChI is InChI=1S/C11H11BrN4O2/c12-7-2-1-3-14-9(7)10-15-11(18-16-10)8-6-13-4-5-17-8/h1-3,8,13H,4-6H2. The molecular weight excluding hydrogens is 300 g/mol. The minimum absolute atomic E-state index is 0.178. The van der Waals surface area contributed by atoms with Crippen molar-refractivity contribution >= 4 is 15.9 Å². The summed E-state index contributed by atoms with van der Waals surface area (Å²) < 4.78 is 11.6. The first-order valence-electron chi connectivity index (χ1n) is 5.61. The topological polar surface area (TPSA) is 73.1 Å². The molecule has 0 bridgehead atoms. The maximum atomic E-state index is 5.55. The van der Waals surface area contributed by atoms with Crippen molar-refractivity contribution in [2.45, 2.75) is 6.10 Å². The zero-order chi connectivity index (χ0) is 12.4. The van der Waals surface area contributed by atoms with Gasteiger partial charge in [-0.1, -0.05) is 5.16 Å². The Balaban J connectivity index is 1.87. The van der Waals surface area contributed by atoms with Crippen LogP contribution >= 0.6 is 15.9 Å². The maximum Gasteiger partial charge on any atom is 0.257 e. The number of pyridine rings is 1. The van der Waals surface area contributed by atoms with E-state index in [1.165, 1.54) is 0 Å². The molecule has 2 aromatic rings. The minimum atomic E-state index is -0.178. The van der Waals surface area contributed by atoms with Crippen LogP contribution in [0.2, 0.25) is 0 Å². The van der Waals surface area contributed by atoms with E-state index >= 15 is 0 Å². The molecule has 3 heterocycles. The van der Waals surface area contributed by atoms with Crippen LogP contribution in [0.25, 0.3) is 11.5 Å². The van der Waals surface area contributed by atoms with Crippen LogP contribution in [-0.2, 0) is 4.74 Å². The van der Waals surface area contributed by atoms with E-state index in [4.69, 9.17) is 9.26 Å². The molecule has 7 heteroatoms. The Morgan fingerprint density at radius 1 is 1.44 bits per heavy atom. The lowest BCUT2D eigenvalue weighted by molar-refractivity contribution is 0.00755. The fraction of sp³-hybridized carbons (Fsp3) is 0.364. The summed E-state index contributed by atoms with van der Waals surface area (Å²) in [6, 6.07) is 3.72. The van der Waals surface area contributed by atoms with Crippen LogP contribution in [0.5, 0.6) is 0 Å². The Bertz CT molecular complexity index is 539. The molecule has 1 fully saturated rings. The number of hydrogen-bond acceptors (Lipinski definition) is 6. The quantitative estimate of drug-likeness (QED) is 0.907. The van der Waals surface area contributed by atoms with Gasteiger partial charge < -0.3 is 14.6 Å². The van der Waals surface area contributed by atoms with Crippen LogP contribution in [0.15, 0.2) is 27.3 Å². The van der Waals surface area contributed by atoms with Crippen molar-refractivity contribution in [1.29, 1.82) is 0 Å².